The smallest absolute Gasteiger partial charge is 0.444 e. The van der Waals surface area contributed by atoms with Crippen LogP contribution in [-0.2, 0) is 4.74 Å². The van der Waals surface area contributed by atoms with Gasteiger partial charge in [0.25, 0.3) is 0 Å². The third-order valence-corrected chi connectivity index (χ3v) is 3.37. The monoisotopic (exact) mass is 346 g/mol. The van der Waals surface area contributed by atoms with E-state index >= 15 is 0 Å². The molecule has 1 aliphatic rings. The summed E-state index contributed by atoms with van der Waals surface area (Å²) in [6.07, 6.45) is -5.17. The van der Waals surface area contributed by atoms with Gasteiger partial charge in [0.15, 0.2) is 0 Å². The summed E-state index contributed by atoms with van der Waals surface area (Å²) >= 11 is 0. The van der Waals surface area contributed by atoms with Crippen LogP contribution in [0.3, 0.4) is 0 Å². The predicted molar refractivity (Wildman–Crippen MR) is 81.7 cm³/mol. The number of ether oxygens (including phenoxy) is 2. The number of benzene rings is 1. The lowest BCUT2D eigenvalue weighted by atomic mass is 10.0. The Morgan fingerprint density at radius 2 is 1.83 bits per heavy atom. The van der Waals surface area contributed by atoms with Gasteiger partial charge in [-0.3, -0.25) is 4.90 Å². The van der Waals surface area contributed by atoms with Gasteiger partial charge in [0.2, 0.25) is 0 Å². The summed E-state index contributed by atoms with van der Waals surface area (Å²) in [5.74, 6) is -0.293. The van der Waals surface area contributed by atoms with Crippen LogP contribution in [0.25, 0.3) is 0 Å². The van der Waals surface area contributed by atoms with Gasteiger partial charge in [-0.1, -0.05) is 12.1 Å². The summed E-state index contributed by atoms with van der Waals surface area (Å²) in [7, 11) is 0. The Hall–Kier alpha value is -1.96. The molecule has 1 N–H and O–H groups in total. The molecule has 1 amide bonds. The molecule has 2 rings (SSSR count). The number of piperazine rings is 1. The summed E-state index contributed by atoms with van der Waals surface area (Å²) in [5, 5.41) is 3.17. The number of hydrogen-bond acceptors (Lipinski definition) is 4. The SMILES string of the molecule is CC(C)(C)OC(=O)N1CCNC[C@@H]1c1ccc(OC(F)(F)F)cc1. The second kappa shape index (κ2) is 6.88. The zero-order valence-electron chi connectivity index (χ0n) is 13.8. The first kappa shape index (κ1) is 18.4. The van der Waals surface area contributed by atoms with Crippen molar-refractivity contribution < 1.29 is 27.4 Å². The Labute approximate surface area is 138 Å². The second-order valence-electron chi connectivity index (χ2n) is 6.51. The van der Waals surface area contributed by atoms with E-state index < -0.39 is 18.1 Å². The summed E-state index contributed by atoms with van der Waals surface area (Å²) in [4.78, 5) is 13.9. The van der Waals surface area contributed by atoms with Crippen LogP contribution >= 0.6 is 0 Å². The third kappa shape index (κ3) is 5.30. The number of rotatable bonds is 2. The normalized spacial score (nSPS) is 19.1. The summed E-state index contributed by atoms with van der Waals surface area (Å²) in [6, 6.07) is 5.22. The lowest BCUT2D eigenvalue weighted by Gasteiger charge is -2.37. The van der Waals surface area contributed by atoms with E-state index in [1.165, 1.54) is 24.3 Å². The zero-order valence-corrected chi connectivity index (χ0v) is 13.8. The molecule has 0 aliphatic carbocycles. The van der Waals surface area contributed by atoms with Gasteiger partial charge in [0.1, 0.15) is 11.4 Å². The highest BCUT2D eigenvalue weighted by Gasteiger charge is 2.33. The van der Waals surface area contributed by atoms with Gasteiger partial charge in [-0.05, 0) is 38.5 Å². The molecule has 1 aromatic carbocycles. The first-order valence-corrected chi connectivity index (χ1v) is 7.61. The van der Waals surface area contributed by atoms with Crippen LogP contribution in [0.1, 0.15) is 32.4 Å². The minimum atomic E-state index is -4.73. The van der Waals surface area contributed by atoms with Gasteiger partial charge in [-0.2, -0.15) is 0 Å². The molecular weight excluding hydrogens is 325 g/mol. The van der Waals surface area contributed by atoms with Crippen LogP contribution in [0.2, 0.25) is 0 Å². The van der Waals surface area contributed by atoms with Gasteiger partial charge >= 0.3 is 12.5 Å². The van der Waals surface area contributed by atoms with Crippen molar-refractivity contribution in [1.82, 2.24) is 10.2 Å². The fraction of sp³-hybridized carbons (Fsp3) is 0.562. The maximum Gasteiger partial charge on any atom is 0.573 e. The fourth-order valence-electron chi connectivity index (χ4n) is 2.43. The van der Waals surface area contributed by atoms with Crippen molar-refractivity contribution >= 4 is 6.09 Å². The van der Waals surface area contributed by atoms with Gasteiger partial charge in [-0.15, -0.1) is 13.2 Å². The topological polar surface area (TPSA) is 50.8 Å². The minimum absolute atomic E-state index is 0.293. The number of hydrogen-bond donors (Lipinski definition) is 1. The Morgan fingerprint density at radius 3 is 2.38 bits per heavy atom. The number of carbonyl (C=O) groups excluding carboxylic acids is 1. The van der Waals surface area contributed by atoms with E-state index in [1.807, 2.05) is 0 Å². The molecule has 1 atom stereocenters. The molecule has 0 spiro atoms. The highest BCUT2D eigenvalue weighted by Crippen LogP contribution is 2.28. The van der Waals surface area contributed by atoms with E-state index in [-0.39, 0.29) is 11.8 Å². The van der Waals surface area contributed by atoms with Crippen LogP contribution in [-0.4, -0.2) is 42.6 Å². The molecule has 1 saturated heterocycles. The van der Waals surface area contributed by atoms with Crippen molar-refractivity contribution in [2.45, 2.75) is 38.8 Å². The summed E-state index contributed by atoms with van der Waals surface area (Å²) < 4.78 is 45.9. The Bertz CT molecular complexity index is 567. The number of carbonyl (C=O) groups is 1. The van der Waals surface area contributed by atoms with E-state index in [0.717, 1.165) is 0 Å². The van der Waals surface area contributed by atoms with Gasteiger partial charge < -0.3 is 14.8 Å². The van der Waals surface area contributed by atoms with Crippen molar-refractivity contribution in [3.63, 3.8) is 0 Å². The molecule has 5 nitrogen and oxygen atoms in total. The number of nitrogens with zero attached hydrogens (tertiary/aromatic N) is 1. The molecule has 1 heterocycles. The molecule has 1 aromatic rings. The van der Waals surface area contributed by atoms with Gasteiger partial charge in [-0.25, -0.2) is 4.79 Å². The quantitative estimate of drug-likeness (QED) is 0.891. The highest BCUT2D eigenvalue weighted by molar-refractivity contribution is 5.69. The molecule has 134 valence electrons. The summed E-state index contributed by atoms with van der Waals surface area (Å²) in [5.41, 5.74) is 0.0966. The van der Waals surface area contributed by atoms with Crippen molar-refractivity contribution in [3.8, 4) is 5.75 Å². The predicted octanol–water partition coefficient (Wildman–Crippen LogP) is 3.47. The third-order valence-electron chi connectivity index (χ3n) is 3.37. The summed E-state index contributed by atoms with van der Waals surface area (Å²) in [6.45, 7) is 6.94. The van der Waals surface area contributed by atoms with Gasteiger partial charge in [0.05, 0.1) is 6.04 Å². The van der Waals surface area contributed by atoms with E-state index in [1.54, 1.807) is 25.7 Å². The molecule has 0 unspecified atom stereocenters. The second-order valence-corrected chi connectivity index (χ2v) is 6.51. The molecule has 0 saturated carbocycles. The molecule has 0 aromatic heterocycles. The van der Waals surface area contributed by atoms with E-state index in [2.05, 4.69) is 10.1 Å². The van der Waals surface area contributed by atoms with Crippen LogP contribution < -0.4 is 10.1 Å². The average Bonchev–Trinajstić information content (AvgIpc) is 2.44. The van der Waals surface area contributed by atoms with Crippen LogP contribution in [0.5, 0.6) is 5.75 Å². The molecule has 0 radical (unpaired) electrons. The molecule has 1 fully saturated rings. The number of halogens is 3. The fourth-order valence-corrected chi connectivity index (χ4v) is 2.43. The van der Waals surface area contributed by atoms with Crippen molar-refractivity contribution in [2.24, 2.45) is 0 Å². The Morgan fingerprint density at radius 1 is 1.21 bits per heavy atom. The number of alkyl halides is 3. The van der Waals surface area contributed by atoms with E-state index in [9.17, 15) is 18.0 Å². The largest absolute Gasteiger partial charge is 0.573 e. The Balaban J connectivity index is 2.14. The lowest BCUT2D eigenvalue weighted by molar-refractivity contribution is -0.274. The molecule has 8 heteroatoms. The first-order valence-electron chi connectivity index (χ1n) is 7.61. The van der Waals surface area contributed by atoms with Crippen molar-refractivity contribution in [2.75, 3.05) is 19.6 Å². The van der Waals surface area contributed by atoms with Crippen molar-refractivity contribution in [3.05, 3.63) is 29.8 Å². The first-order chi connectivity index (χ1) is 11.1. The lowest BCUT2D eigenvalue weighted by Crippen LogP contribution is -2.50. The average molecular weight is 346 g/mol. The van der Waals surface area contributed by atoms with Crippen LogP contribution in [0.4, 0.5) is 18.0 Å². The maximum absolute atomic E-state index is 12.4. The van der Waals surface area contributed by atoms with Gasteiger partial charge in [0, 0.05) is 19.6 Å². The van der Waals surface area contributed by atoms with E-state index in [0.29, 0.717) is 25.2 Å². The molecule has 24 heavy (non-hydrogen) atoms. The molecule has 0 bridgehead atoms. The van der Waals surface area contributed by atoms with Crippen molar-refractivity contribution in [1.29, 1.82) is 0 Å². The minimum Gasteiger partial charge on any atom is -0.444 e. The Kier molecular flexibility index (Phi) is 5.27. The number of amides is 1. The highest BCUT2D eigenvalue weighted by atomic mass is 19.4. The van der Waals surface area contributed by atoms with E-state index in [4.69, 9.17) is 4.74 Å². The van der Waals surface area contributed by atoms with Crippen LogP contribution in [0, 0.1) is 0 Å². The zero-order chi connectivity index (χ0) is 18.0. The maximum atomic E-state index is 12.4. The molecule has 1 aliphatic heterocycles. The standard InChI is InChI=1S/C16H21F3N2O3/c1-15(2,3)24-14(22)21-9-8-20-10-13(21)11-4-6-12(7-5-11)23-16(17,18)19/h4-7,13,20H,8-10H2,1-3H3/t13-/m1/s1. The van der Waals surface area contributed by atoms with Crippen LogP contribution in [0.15, 0.2) is 24.3 Å². The number of nitrogens with one attached hydrogen (secondary N) is 1. The molecular formula is C16H21F3N2O3.